The SMILES string of the molecule is COC(=O)C1=Cc2cnc(N3CCN(C(=O)OC(C)(C)C)CC3)cc2CC1. The Morgan fingerprint density at radius 1 is 1.11 bits per heavy atom. The minimum absolute atomic E-state index is 0.263. The molecular weight excluding hydrogens is 346 g/mol. The van der Waals surface area contributed by atoms with Crippen LogP contribution in [0.25, 0.3) is 6.08 Å². The first-order chi connectivity index (χ1) is 12.8. The van der Waals surface area contributed by atoms with E-state index in [9.17, 15) is 9.59 Å². The second kappa shape index (κ2) is 7.58. The summed E-state index contributed by atoms with van der Waals surface area (Å²) in [6.07, 6.45) is 4.88. The van der Waals surface area contributed by atoms with Gasteiger partial charge in [-0.1, -0.05) is 0 Å². The Hall–Kier alpha value is -2.57. The average Bonchev–Trinajstić information content (AvgIpc) is 2.65. The van der Waals surface area contributed by atoms with Crippen molar-refractivity contribution in [2.45, 2.75) is 39.2 Å². The number of ether oxygens (including phenoxy) is 2. The highest BCUT2D eigenvalue weighted by Crippen LogP contribution is 2.27. The lowest BCUT2D eigenvalue weighted by atomic mass is 9.93. The van der Waals surface area contributed by atoms with Crippen LogP contribution in [0.2, 0.25) is 0 Å². The normalized spacial score (nSPS) is 17.1. The monoisotopic (exact) mass is 373 g/mol. The zero-order valence-electron chi connectivity index (χ0n) is 16.4. The molecule has 3 rings (SSSR count). The highest BCUT2D eigenvalue weighted by molar-refractivity contribution is 5.94. The molecule has 0 aromatic carbocycles. The van der Waals surface area contributed by atoms with Crippen LogP contribution in [0.5, 0.6) is 0 Å². The van der Waals surface area contributed by atoms with Gasteiger partial charge in [0.15, 0.2) is 0 Å². The molecular formula is C20H27N3O4. The third kappa shape index (κ3) is 4.59. The fourth-order valence-electron chi connectivity index (χ4n) is 3.28. The Morgan fingerprint density at radius 3 is 2.44 bits per heavy atom. The third-order valence-corrected chi connectivity index (χ3v) is 4.71. The van der Waals surface area contributed by atoms with Crippen LogP contribution in [0, 0.1) is 0 Å². The van der Waals surface area contributed by atoms with Gasteiger partial charge in [0, 0.05) is 37.9 Å². The van der Waals surface area contributed by atoms with E-state index in [0.717, 1.165) is 17.8 Å². The van der Waals surface area contributed by atoms with Crippen molar-refractivity contribution >= 4 is 24.0 Å². The zero-order chi connectivity index (χ0) is 19.6. The van der Waals surface area contributed by atoms with Crippen molar-refractivity contribution in [2.75, 3.05) is 38.2 Å². The average molecular weight is 373 g/mol. The second-order valence-corrected chi connectivity index (χ2v) is 7.86. The zero-order valence-corrected chi connectivity index (χ0v) is 16.4. The molecule has 27 heavy (non-hydrogen) atoms. The molecule has 2 aliphatic rings. The van der Waals surface area contributed by atoms with Gasteiger partial charge >= 0.3 is 12.1 Å². The van der Waals surface area contributed by atoms with Crippen molar-refractivity contribution in [1.82, 2.24) is 9.88 Å². The lowest BCUT2D eigenvalue weighted by Gasteiger charge is -2.36. The maximum atomic E-state index is 12.2. The second-order valence-electron chi connectivity index (χ2n) is 7.86. The molecule has 7 nitrogen and oxygen atoms in total. The standard InChI is InChI=1S/C20H27N3O4/c1-20(2,3)27-19(25)23-9-7-22(8-10-23)17-12-14-5-6-15(18(24)26-4)11-16(14)13-21-17/h11-13H,5-10H2,1-4H3. The molecule has 0 N–H and O–H groups in total. The molecule has 0 atom stereocenters. The van der Waals surface area contributed by atoms with Crippen LogP contribution in [0.15, 0.2) is 17.8 Å². The van der Waals surface area contributed by atoms with E-state index in [1.807, 2.05) is 33.0 Å². The number of methoxy groups -OCH3 is 1. The van der Waals surface area contributed by atoms with Gasteiger partial charge in [-0.3, -0.25) is 0 Å². The molecule has 2 heterocycles. The molecule has 0 saturated carbocycles. The smallest absolute Gasteiger partial charge is 0.410 e. The summed E-state index contributed by atoms with van der Waals surface area (Å²) in [5.41, 5.74) is 2.36. The highest BCUT2D eigenvalue weighted by atomic mass is 16.6. The summed E-state index contributed by atoms with van der Waals surface area (Å²) >= 11 is 0. The number of esters is 1. The van der Waals surface area contributed by atoms with Gasteiger partial charge in [-0.2, -0.15) is 0 Å². The summed E-state index contributed by atoms with van der Waals surface area (Å²) in [4.78, 5) is 32.4. The van der Waals surface area contributed by atoms with Gasteiger partial charge in [0.2, 0.25) is 0 Å². The van der Waals surface area contributed by atoms with Crippen molar-refractivity contribution in [3.05, 3.63) is 29.0 Å². The van der Waals surface area contributed by atoms with Crippen LogP contribution in [0.4, 0.5) is 10.6 Å². The van der Waals surface area contributed by atoms with E-state index < -0.39 is 5.60 Å². The Bertz CT molecular complexity index is 759. The number of hydrogen-bond donors (Lipinski definition) is 0. The summed E-state index contributed by atoms with van der Waals surface area (Å²) < 4.78 is 10.2. The number of nitrogens with zero attached hydrogens (tertiary/aromatic N) is 3. The van der Waals surface area contributed by atoms with Crippen molar-refractivity contribution in [2.24, 2.45) is 0 Å². The fourth-order valence-corrected chi connectivity index (χ4v) is 3.28. The summed E-state index contributed by atoms with van der Waals surface area (Å²) in [6, 6.07) is 2.09. The van der Waals surface area contributed by atoms with Crippen molar-refractivity contribution < 1.29 is 19.1 Å². The first-order valence-electron chi connectivity index (χ1n) is 9.27. The molecule has 1 fully saturated rings. The van der Waals surface area contributed by atoms with Gasteiger partial charge in [-0.05, 0) is 56.9 Å². The quantitative estimate of drug-likeness (QED) is 0.742. The third-order valence-electron chi connectivity index (χ3n) is 4.71. The lowest BCUT2D eigenvalue weighted by Crippen LogP contribution is -2.50. The summed E-state index contributed by atoms with van der Waals surface area (Å²) in [5, 5.41) is 0. The minimum Gasteiger partial charge on any atom is -0.466 e. The molecule has 0 spiro atoms. The number of rotatable bonds is 2. The van der Waals surface area contributed by atoms with Gasteiger partial charge in [0.1, 0.15) is 11.4 Å². The maximum absolute atomic E-state index is 12.2. The van der Waals surface area contributed by atoms with Crippen LogP contribution in [-0.2, 0) is 20.7 Å². The number of carbonyl (C=O) groups excluding carboxylic acids is 2. The molecule has 1 aromatic heterocycles. The van der Waals surface area contributed by atoms with Crippen molar-refractivity contribution in [1.29, 1.82) is 0 Å². The molecule has 0 bridgehead atoms. The summed E-state index contributed by atoms with van der Waals surface area (Å²) in [5.74, 6) is 0.635. The fraction of sp³-hybridized carbons (Fsp3) is 0.550. The van der Waals surface area contributed by atoms with E-state index in [2.05, 4.69) is 16.0 Å². The number of pyridine rings is 1. The van der Waals surface area contributed by atoms with Crippen LogP contribution >= 0.6 is 0 Å². The van der Waals surface area contributed by atoms with Crippen LogP contribution in [0.1, 0.15) is 38.3 Å². The number of aryl methyl sites for hydroxylation is 1. The van der Waals surface area contributed by atoms with Crippen molar-refractivity contribution in [3.63, 3.8) is 0 Å². The summed E-state index contributed by atoms with van der Waals surface area (Å²) in [7, 11) is 1.40. The predicted octanol–water partition coefficient (Wildman–Crippen LogP) is 2.64. The molecule has 0 radical (unpaired) electrons. The van der Waals surface area contributed by atoms with Crippen LogP contribution in [0.3, 0.4) is 0 Å². The Morgan fingerprint density at radius 2 is 1.81 bits per heavy atom. The largest absolute Gasteiger partial charge is 0.466 e. The van der Waals surface area contributed by atoms with E-state index in [-0.39, 0.29) is 12.1 Å². The van der Waals surface area contributed by atoms with Crippen LogP contribution < -0.4 is 4.90 Å². The highest BCUT2D eigenvalue weighted by Gasteiger charge is 2.27. The number of carbonyl (C=O) groups is 2. The Balaban J connectivity index is 1.64. The molecule has 1 aromatic rings. The van der Waals surface area contributed by atoms with E-state index in [1.165, 1.54) is 12.7 Å². The van der Waals surface area contributed by atoms with Crippen molar-refractivity contribution in [3.8, 4) is 0 Å². The predicted molar refractivity (Wildman–Crippen MR) is 103 cm³/mol. The number of anilines is 1. The van der Waals surface area contributed by atoms with Gasteiger partial charge in [0.05, 0.1) is 7.11 Å². The first-order valence-corrected chi connectivity index (χ1v) is 9.27. The minimum atomic E-state index is -0.481. The molecule has 1 saturated heterocycles. The van der Waals surface area contributed by atoms with Gasteiger partial charge in [0.25, 0.3) is 0 Å². The number of piperazine rings is 1. The van der Waals surface area contributed by atoms with Gasteiger partial charge < -0.3 is 19.3 Å². The van der Waals surface area contributed by atoms with E-state index in [4.69, 9.17) is 9.47 Å². The molecule has 1 amide bonds. The molecule has 0 unspecified atom stereocenters. The maximum Gasteiger partial charge on any atom is 0.410 e. The van der Waals surface area contributed by atoms with E-state index in [0.29, 0.717) is 38.2 Å². The molecule has 146 valence electrons. The van der Waals surface area contributed by atoms with Gasteiger partial charge in [-0.15, -0.1) is 0 Å². The lowest BCUT2D eigenvalue weighted by molar-refractivity contribution is -0.136. The topological polar surface area (TPSA) is 72.0 Å². The number of amides is 1. The molecule has 1 aliphatic carbocycles. The Kier molecular flexibility index (Phi) is 5.39. The van der Waals surface area contributed by atoms with E-state index in [1.54, 1.807) is 4.90 Å². The number of hydrogen-bond acceptors (Lipinski definition) is 6. The number of fused-ring (bicyclic) bond motifs is 1. The van der Waals surface area contributed by atoms with Crippen LogP contribution in [-0.4, -0.2) is 60.8 Å². The first kappa shape index (κ1) is 19.2. The summed E-state index contributed by atoms with van der Waals surface area (Å²) in [6.45, 7) is 8.28. The number of aromatic nitrogens is 1. The molecule has 1 aliphatic heterocycles. The van der Waals surface area contributed by atoms with E-state index >= 15 is 0 Å². The Labute approximate surface area is 159 Å². The molecule has 7 heteroatoms. The van der Waals surface area contributed by atoms with Gasteiger partial charge in [-0.25, -0.2) is 14.6 Å².